The van der Waals surface area contributed by atoms with Crippen molar-refractivity contribution in [3.63, 3.8) is 0 Å². The lowest BCUT2D eigenvalue weighted by atomic mass is 10.1. The SMILES string of the molecule is COCCCc1cn2c(n1)CCCC2C. The molecule has 0 bridgehead atoms. The fourth-order valence-electron chi connectivity index (χ4n) is 2.27. The molecule has 0 saturated heterocycles. The van der Waals surface area contributed by atoms with Crippen LogP contribution in [0.3, 0.4) is 0 Å². The van der Waals surface area contributed by atoms with E-state index in [0.29, 0.717) is 6.04 Å². The van der Waals surface area contributed by atoms with Crippen molar-refractivity contribution in [3.05, 3.63) is 17.7 Å². The van der Waals surface area contributed by atoms with Crippen LogP contribution in [-0.2, 0) is 17.6 Å². The molecule has 1 unspecified atom stereocenters. The van der Waals surface area contributed by atoms with Crippen molar-refractivity contribution in [2.24, 2.45) is 0 Å². The summed E-state index contributed by atoms with van der Waals surface area (Å²) in [6, 6.07) is 0.637. The van der Waals surface area contributed by atoms with Gasteiger partial charge in [-0.1, -0.05) is 0 Å². The van der Waals surface area contributed by atoms with Gasteiger partial charge in [-0.3, -0.25) is 0 Å². The third kappa shape index (κ3) is 2.40. The van der Waals surface area contributed by atoms with E-state index in [1.165, 1.54) is 24.4 Å². The fourth-order valence-corrected chi connectivity index (χ4v) is 2.27. The third-order valence-corrected chi connectivity index (χ3v) is 3.14. The van der Waals surface area contributed by atoms with E-state index in [9.17, 15) is 0 Å². The first-order valence-electron chi connectivity index (χ1n) is 5.87. The lowest BCUT2D eigenvalue weighted by Crippen LogP contribution is -2.14. The second-order valence-electron chi connectivity index (χ2n) is 4.39. The molecule has 1 aliphatic heterocycles. The minimum absolute atomic E-state index is 0.637. The zero-order valence-corrected chi connectivity index (χ0v) is 9.70. The highest BCUT2D eigenvalue weighted by Crippen LogP contribution is 2.24. The van der Waals surface area contributed by atoms with Crippen LogP contribution in [0.4, 0.5) is 0 Å². The summed E-state index contributed by atoms with van der Waals surface area (Å²) >= 11 is 0. The zero-order chi connectivity index (χ0) is 10.7. The number of fused-ring (bicyclic) bond motifs is 1. The van der Waals surface area contributed by atoms with E-state index in [0.717, 1.165) is 25.9 Å². The average molecular weight is 208 g/mol. The standard InChI is InChI=1S/C12H20N2O/c1-10-5-3-7-12-13-11(9-14(10)12)6-4-8-15-2/h9-10H,3-8H2,1-2H3. The molecule has 3 heteroatoms. The molecule has 1 aliphatic rings. The number of imidazole rings is 1. The summed E-state index contributed by atoms with van der Waals surface area (Å²) in [6.07, 6.45) is 8.07. The molecule has 0 radical (unpaired) electrons. The van der Waals surface area contributed by atoms with Crippen molar-refractivity contribution in [2.45, 2.75) is 45.1 Å². The Morgan fingerprint density at radius 3 is 3.20 bits per heavy atom. The van der Waals surface area contributed by atoms with Crippen LogP contribution in [0.25, 0.3) is 0 Å². The van der Waals surface area contributed by atoms with E-state index in [4.69, 9.17) is 4.74 Å². The molecule has 2 heterocycles. The number of nitrogens with zero attached hydrogens (tertiary/aromatic N) is 2. The molecule has 0 aliphatic carbocycles. The Morgan fingerprint density at radius 2 is 2.47 bits per heavy atom. The molecule has 15 heavy (non-hydrogen) atoms. The summed E-state index contributed by atoms with van der Waals surface area (Å²) in [5, 5.41) is 0. The summed E-state index contributed by atoms with van der Waals surface area (Å²) in [7, 11) is 1.75. The first-order chi connectivity index (χ1) is 7.31. The van der Waals surface area contributed by atoms with Gasteiger partial charge in [0.2, 0.25) is 0 Å². The van der Waals surface area contributed by atoms with Gasteiger partial charge in [-0.15, -0.1) is 0 Å². The molecule has 2 rings (SSSR count). The molecule has 0 fully saturated rings. The Bertz CT molecular complexity index is 319. The molecule has 1 aromatic heterocycles. The number of hydrogen-bond acceptors (Lipinski definition) is 2. The van der Waals surface area contributed by atoms with Crippen LogP contribution < -0.4 is 0 Å². The zero-order valence-electron chi connectivity index (χ0n) is 9.70. The number of hydrogen-bond donors (Lipinski definition) is 0. The molecule has 0 spiro atoms. The van der Waals surface area contributed by atoms with E-state index >= 15 is 0 Å². The van der Waals surface area contributed by atoms with Crippen LogP contribution in [0.2, 0.25) is 0 Å². The number of aromatic nitrogens is 2. The van der Waals surface area contributed by atoms with Gasteiger partial charge in [-0.2, -0.15) is 0 Å². The molecule has 0 amide bonds. The van der Waals surface area contributed by atoms with Gasteiger partial charge in [0.15, 0.2) is 0 Å². The van der Waals surface area contributed by atoms with Crippen LogP contribution >= 0.6 is 0 Å². The summed E-state index contributed by atoms with van der Waals surface area (Å²) in [5.41, 5.74) is 1.23. The van der Waals surface area contributed by atoms with E-state index < -0.39 is 0 Å². The predicted molar refractivity (Wildman–Crippen MR) is 60.1 cm³/mol. The molecular weight excluding hydrogens is 188 g/mol. The summed E-state index contributed by atoms with van der Waals surface area (Å²) < 4.78 is 7.40. The number of methoxy groups -OCH3 is 1. The molecule has 1 aromatic rings. The monoisotopic (exact) mass is 208 g/mol. The van der Waals surface area contributed by atoms with Gasteiger partial charge in [0, 0.05) is 32.4 Å². The normalized spacial score (nSPS) is 20.3. The van der Waals surface area contributed by atoms with Gasteiger partial charge in [0.25, 0.3) is 0 Å². The van der Waals surface area contributed by atoms with E-state index in [1.807, 2.05) is 0 Å². The molecule has 0 N–H and O–H groups in total. The van der Waals surface area contributed by atoms with Crippen LogP contribution in [0, 0.1) is 0 Å². The molecule has 1 atom stereocenters. The second-order valence-corrected chi connectivity index (χ2v) is 4.39. The Hall–Kier alpha value is -0.830. The van der Waals surface area contributed by atoms with Gasteiger partial charge in [0.05, 0.1) is 5.69 Å². The van der Waals surface area contributed by atoms with Crippen LogP contribution in [0.15, 0.2) is 6.20 Å². The summed E-state index contributed by atoms with van der Waals surface area (Å²) in [6.45, 7) is 3.11. The lowest BCUT2D eigenvalue weighted by Gasteiger charge is -2.20. The van der Waals surface area contributed by atoms with Crippen molar-refractivity contribution >= 4 is 0 Å². The van der Waals surface area contributed by atoms with Crippen LogP contribution in [-0.4, -0.2) is 23.3 Å². The summed E-state index contributed by atoms with van der Waals surface area (Å²) in [5.74, 6) is 1.28. The minimum Gasteiger partial charge on any atom is -0.385 e. The first-order valence-corrected chi connectivity index (χ1v) is 5.87. The topological polar surface area (TPSA) is 27.1 Å². The van der Waals surface area contributed by atoms with E-state index in [2.05, 4.69) is 22.7 Å². The minimum atomic E-state index is 0.637. The van der Waals surface area contributed by atoms with Crippen molar-refractivity contribution in [1.82, 2.24) is 9.55 Å². The molecule has 3 nitrogen and oxygen atoms in total. The van der Waals surface area contributed by atoms with E-state index in [1.54, 1.807) is 7.11 Å². The largest absolute Gasteiger partial charge is 0.385 e. The maximum atomic E-state index is 5.05. The quantitative estimate of drug-likeness (QED) is 0.710. The maximum absolute atomic E-state index is 5.05. The summed E-state index contributed by atoms with van der Waals surface area (Å²) in [4.78, 5) is 4.68. The van der Waals surface area contributed by atoms with Gasteiger partial charge in [0.1, 0.15) is 5.82 Å². The van der Waals surface area contributed by atoms with Gasteiger partial charge < -0.3 is 9.30 Å². The van der Waals surface area contributed by atoms with Crippen molar-refractivity contribution in [1.29, 1.82) is 0 Å². The molecular formula is C12H20N2O. The van der Waals surface area contributed by atoms with E-state index in [-0.39, 0.29) is 0 Å². The lowest BCUT2D eigenvalue weighted by molar-refractivity contribution is 0.195. The number of ether oxygens (including phenoxy) is 1. The smallest absolute Gasteiger partial charge is 0.109 e. The number of rotatable bonds is 4. The average Bonchev–Trinajstić information content (AvgIpc) is 2.63. The highest BCUT2D eigenvalue weighted by molar-refractivity contribution is 5.08. The number of aryl methyl sites for hydroxylation is 2. The highest BCUT2D eigenvalue weighted by Gasteiger charge is 2.17. The maximum Gasteiger partial charge on any atom is 0.109 e. The van der Waals surface area contributed by atoms with Gasteiger partial charge in [-0.25, -0.2) is 4.98 Å². The Morgan fingerprint density at radius 1 is 1.60 bits per heavy atom. The van der Waals surface area contributed by atoms with Crippen molar-refractivity contribution in [3.8, 4) is 0 Å². The first kappa shape index (κ1) is 10.7. The van der Waals surface area contributed by atoms with Gasteiger partial charge >= 0.3 is 0 Å². The molecule has 0 saturated carbocycles. The third-order valence-electron chi connectivity index (χ3n) is 3.14. The van der Waals surface area contributed by atoms with Crippen LogP contribution in [0.5, 0.6) is 0 Å². The Balaban J connectivity index is 2.01. The Kier molecular flexibility index (Phi) is 3.41. The predicted octanol–water partition coefficient (Wildman–Crippen LogP) is 2.36. The Labute approximate surface area is 91.5 Å². The van der Waals surface area contributed by atoms with Gasteiger partial charge in [-0.05, 0) is 32.6 Å². The van der Waals surface area contributed by atoms with Crippen molar-refractivity contribution in [2.75, 3.05) is 13.7 Å². The second kappa shape index (κ2) is 4.79. The fraction of sp³-hybridized carbons (Fsp3) is 0.750. The molecule has 0 aromatic carbocycles. The van der Waals surface area contributed by atoms with Crippen LogP contribution in [0.1, 0.15) is 43.7 Å². The highest BCUT2D eigenvalue weighted by atomic mass is 16.5. The molecule has 84 valence electrons. The van der Waals surface area contributed by atoms with Crippen molar-refractivity contribution < 1.29 is 4.74 Å².